The van der Waals surface area contributed by atoms with Crippen molar-refractivity contribution >= 4 is 34.3 Å². The highest BCUT2D eigenvalue weighted by Gasteiger charge is 2.07. The van der Waals surface area contributed by atoms with Gasteiger partial charge in [0.2, 0.25) is 0 Å². The van der Waals surface area contributed by atoms with Crippen LogP contribution in [0.2, 0.25) is 5.02 Å². The summed E-state index contributed by atoms with van der Waals surface area (Å²) in [6.45, 7) is 2.59. The van der Waals surface area contributed by atoms with E-state index in [0.717, 1.165) is 27.8 Å². The minimum atomic E-state index is 0.616. The van der Waals surface area contributed by atoms with Gasteiger partial charge in [0.05, 0.1) is 17.3 Å². The van der Waals surface area contributed by atoms with Crippen molar-refractivity contribution in [1.82, 2.24) is 0 Å². The molecule has 22 heavy (non-hydrogen) atoms. The van der Waals surface area contributed by atoms with Crippen LogP contribution < -0.4 is 4.74 Å². The summed E-state index contributed by atoms with van der Waals surface area (Å²) < 4.78 is 5.74. The molecule has 2 nitrogen and oxygen atoms in total. The molecule has 0 amide bonds. The Morgan fingerprint density at radius 1 is 1.00 bits per heavy atom. The Bertz CT molecular complexity index is 827. The molecule has 0 spiro atoms. The van der Waals surface area contributed by atoms with E-state index in [1.165, 1.54) is 0 Å². The molecule has 0 N–H and O–H groups in total. The molecule has 0 fully saturated rings. The quantitative estimate of drug-likeness (QED) is 0.571. The topological polar surface area (TPSA) is 21.6 Å². The molecule has 0 atom stereocenters. The Morgan fingerprint density at radius 3 is 2.59 bits per heavy atom. The van der Waals surface area contributed by atoms with Crippen molar-refractivity contribution in [3.8, 4) is 5.75 Å². The number of nitrogens with zero attached hydrogens (tertiary/aromatic N) is 1. The molecule has 0 bridgehead atoms. The SMILES string of the molecule is CCOc1ccc2ccccc2c1C=Nc1ccccc1Cl. The maximum atomic E-state index is 6.16. The van der Waals surface area contributed by atoms with E-state index < -0.39 is 0 Å². The van der Waals surface area contributed by atoms with Crippen LogP contribution in [-0.4, -0.2) is 12.8 Å². The van der Waals surface area contributed by atoms with E-state index in [4.69, 9.17) is 16.3 Å². The number of aliphatic imine (C=N–C) groups is 1. The van der Waals surface area contributed by atoms with Crippen molar-refractivity contribution in [2.24, 2.45) is 4.99 Å². The fourth-order valence-corrected chi connectivity index (χ4v) is 2.57. The third kappa shape index (κ3) is 2.97. The molecule has 0 aliphatic rings. The monoisotopic (exact) mass is 309 g/mol. The fraction of sp³-hybridized carbons (Fsp3) is 0.105. The van der Waals surface area contributed by atoms with Crippen molar-refractivity contribution in [2.45, 2.75) is 6.92 Å². The van der Waals surface area contributed by atoms with Crippen molar-refractivity contribution < 1.29 is 4.74 Å². The number of para-hydroxylation sites is 1. The van der Waals surface area contributed by atoms with Crippen LogP contribution in [0.3, 0.4) is 0 Å². The second kappa shape index (κ2) is 6.63. The number of ether oxygens (including phenoxy) is 1. The highest BCUT2D eigenvalue weighted by Crippen LogP contribution is 2.29. The van der Waals surface area contributed by atoms with Crippen molar-refractivity contribution in [1.29, 1.82) is 0 Å². The Hall–Kier alpha value is -2.32. The van der Waals surface area contributed by atoms with Gasteiger partial charge in [0.1, 0.15) is 5.75 Å². The number of hydrogen-bond acceptors (Lipinski definition) is 2. The normalized spacial score (nSPS) is 11.2. The highest BCUT2D eigenvalue weighted by molar-refractivity contribution is 6.33. The average molecular weight is 310 g/mol. The molecule has 0 radical (unpaired) electrons. The Balaban J connectivity index is 2.11. The smallest absolute Gasteiger partial charge is 0.128 e. The van der Waals surface area contributed by atoms with E-state index in [1.807, 2.05) is 55.6 Å². The number of fused-ring (bicyclic) bond motifs is 1. The third-order valence-electron chi connectivity index (χ3n) is 3.42. The minimum Gasteiger partial charge on any atom is -0.493 e. The lowest BCUT2D eigenvalue weighted by atomic mass is 10.0. The first-order valence-corrected chi connectivity index (χ1v) is 7.60. The van der Waals surface area contributed by atoms with E-state index in [2.05, 4.69) is 23.2 Å². The van der Waals surface area contributed by atoms with E-state index in [0.29, 0.717) is 11.6 Å². The summed E-state index contributed by atoms with van der Waals surface area (Å²) in [4.78, 5) is 4.53. The van der Waals surface area contributed by atoms with Crippen LogP contribution in [0, 0.1) is 0 Å². The van der Waals surface area contributed by atoms with Crippen molar-refractivity contribution in [2.75, 3.05) is 6.61 Å². The zero-order valence-corrected chi connectivity index (χ0v) is 13.0. The van der Waals surface area contributed by atoms with Gasteiger partial charge in [0.25, 0.3) is 0 Å². The molecule has 3 aromatic carbocycles. The van der Waals surface area contributed by atoms with Crippen LogP contribution in [0.15, 0.2) is 65.7 Å². The molecular weight excluding hydrogens is 294 g/mol. The molecule has 0 unspecified atom stereocenters. The molecule has 0 saturated heterocycles. The zero-order chi connectivity index (χ0) is 15.4. The van der Waals surface area contributed by atoms with Gasteiger partial charge in [-0.3, -0.25) is 4.99 Å². The van der Waals surface area contributed by atoms with E-state index in [9.17, 15) is 0 Å². The van der Waals surface area contributed by atoms with Crippen LogP contribution in [-0.2, 0) is 0 Å². The first-order chi connectivity index (χ1) is 10.8. The largest absolute Gasteiger partial charge is 0.493 e. The van der Waals surface area contributed by atoms with Crippen LogP contribution in [0.1, 0.15) is 12.5 Å². The second-order valence-corrected chi connectivity index (χ2v) is 5.25. The third-order valence-corrected chi connectivity index (χ3v) is 3.74. The summed E-state index contributed by atoms with van der Waals surface area (Å²) >= 11 is 6.16. The summed E-state index contributed by atoms with van der Waals surface area (Å²) in [6, 6.07) is 19.8. The number of halogens is 1. The van der Waals surface area contributed by atoms with Crippen LogP contribution in [0.4, 0.5) is 5.69 Å². The molecule has 3 aromatic rings. The van der Waals surface area contributed by atoms with Gasteiger partial charge in [-0.15, -0.1) is 0 Å². The fourth-order valence-electron chi connectivity index (χ4n) is 2.38. The molecule has 3 heteroatoms. The van der Waals surface area contributed by atoms with Crippen LogP contribution in [0.5, 0.6) is 5.75 Å². The van der Waals surface area contributed by atoms with Gasteiger partial charge in [-0.1, -0.05) is 54.1 Å². The predicted octanol–water partition coefficient (Wildman–Crippen LogP) is 5.64. The Kier molecular flexibility index (Phi) is 4.40. The van der Waals surface area contributed by atoms with Crippen LogP contribution >= 0.6 is 11.6 Å². The lowest BCUT2D eigenvalue weighted by Crippen LogP contribution is -1.97. The van der Waals surface area contributed by atoms with Crippen LogP contribution in [0.25, 0.3) is 10.8 Å². The summed E-state index contributed by atoms with van der Waals surface area (Å²) in [6.07, 6.45) is 1.83. The van der Waals surface area contributed by atoms with Gasteiger partial charge in [-0.2, -0.15) is 0 Å². The first kappa shape index (κ1) is 14.6. The summed E-state index contributed by atoms with van der Waals surface area (Å²) in [5.41, 5.74) is 1.72. The average Bonchev–Trinajstić information content (AvgIpc) is 2.55. The maximum Gasteiger partial charge on any atom is 0.128 e. The predicted molar refractivity (Wildman–Crippen MR) is 93.8 cm³/mol. The van der Waals surface area contributed by atoms with E-state index in [-0.39, 0.29) is 0 Å². The molecular formula is C19H16ClNO. The standard InChI is InChI=1S/C19H16ClNO/c1-2-22-19-12-11-14-7-3-4-8-15(14)16(19)13-21-18-10-6-5-9-17(18)20/h3-13H,2H2,1H3. The number of rotatable bonds is 4. The summed E-state index contributed by atoms with van der Waals surface area (Å²) in [5.74, 6) is 0.831. The number of benzene rings is 3. The van der Waals surface area contributed by atoms with Gasteiger partial charge < -0.3 is 4.74 Å². The van der Waals surface area contributed by atoms with E-state index >= 15 is 0 Å². The molecule has 0 heterocycles. The van der Waals surface area contributed by atoms with Crippen molar-refractivity contribution in [3.63, 3.8) is 0 Å². The maximum absolute atomic E-state index is 6.16. The first-order valence-electron chi connectivity index (χ1n) is 7.22. The lowest BCUT2D eigenvalue weighted by Gasteiger charge is -2.10. The highest BCUT2D eigenvalue weighted by atomic mass is 35.5. The molecule has 0 aliphatic carbocycles. The molecule has 0 aliphatic heterocycles. The second-order valence-electron chi connectivity index (χ2n) is 4.84. The summed E-state index contributed by atoms with van der Waals surface area (Å²) in [7, 11) is 0. The van der Waals surface area contributed by atoms with E-state index in [1.54, 1.807) is 0 Å². The minimum absolute atomic E-state index is 0.616. The molecule has 0 saturated carbocycles. The molecule has 110 valence electrons. The Morgan fingerprint density at radius 2 is 1.77 bits per heavy atom. The molecule has 0 aromatic heterocycles. The van der Waals surface area contributed by atoms with Crippen molar-refractivity contribution in [3.05, 3.63) is 71.2 Å². The molecule has 3 rings (SSSR count). The van der Waals surface area contributed by atoms with Gasteiger partial charge >= 0.3 is 0 Å². The van der Waals surface area contributed by atoms with Gasteiger partial charge in [-0.05, 0) is 35.9 Å². The van der Waals surface area contributed by atoms with Gasteiger partial charge in [0, 0.05) is 11.8 Å². The zero-order valence-electron chi connectivity index (χ0n) is 12.3. The number of hydrogen-bond donors (Lipinski definition) is 0. The Labute approximate surface area is 135 Å². The lowest BCUT2D eigenvalue weighted by molar-refractivity contribution is 0.340. The summed E-state index contributed by atoms with van der Waals surface area (Å²) in [5, 5.41) is 2.91. The van der Waals surface area contributed by atoms with Gasteiger partial charge in [-0.25, -0.2) is 0 Å². The van der Waals surface area contributed by atoms with Gasteiger partial charge in [0.15, 0.2) is 0 Å².